The Morgan fingerprint density at radius 3 is 2.63 bits per heavy atom. The standard InChI is InChI=1S/C14H17BrO4/c1-3-19-14(17)12-6-4-10(8-11(12)9-15)5-7-13(16)18-2/h4,6,8H,3,5,7,9H2,1-2H3. The van der Waals surface area contributed by atoms with Crippen molar-refractivity contribution in [1.82, 2.24) is 0 Å². The molecule has 0 spiro atoms. The second-order valence-electron chi connectivity index (χ2n) is 3.92. The van der Waals surface area contributed by atoms with Crippen LogP contribution in [0, 0.1) is 0 Å². The minimum absolute atomic E-state index is 0.241. The summed E-state index contributed by atoms with van der Waals surface area (Å²) in [5.74, 6) is -0.564. The molecule has 104 valence electrons. The van der Waals surface area contributed by atoms with Crippen molar-refractivity contribution in [3.8, 4) is 0 Å². The second-order valence-corrected chi connectivity index (χ2v) is 4.48. The van der Waals surface area contributed by atoms with E-state index in [1.165, 1.54) is 7.11 Å². The van der Waals surface area contributed by atoms with Crippen molar-refractivity contribution in [1.29, 1.82) is 0 Å². The third-order valence-corrected chi connectivity index (χ3v) is 3.26. The fourth-order valence-corrected chi connectivity index (χ4v) is 2.13. The van der Waals surface area contributed by atoms with Gasteiger partial charge in [0.1, 0.15) is 0 Å². The SMILES string of the molecule is CCOC(=O)c1ccc(CCC(=O)OC)cc1CBr. The summed E-state index contributed by atoms with van der Waals surface area (Å²) in [6.07, 6.45) is 0.923. The molecule has 0 amide bonds. The molecule has 5 heteroatoms. The first-order chi connectivity index (χ1) is 9.12. The number of carbonyl (C=O) groups is 2. The van der Waals surface area contributed by atoms with Crippen molar-refractivity contribution in [3.63, 3.8) is 0 Å². The van der Waals surface area contributed by atoms with Crippen molar-refractivity contribution in [3.05, 3.63) is 34.9 Å². The zero-order chi connectivity index (χ0) is 14.3. The van der Waals surface area contributed by atoms with Crippen LogP contribution in [0.5, 0.6) is 0 Å². The highest BCUT2D eigenvalue weighted by Gasteiger charge is 2.12. The molecule has 1 rings (SSSR count). The number of esters is 2. The van der Waals surface area contributed by atoms with Crippen LogP contribution in [0.3, 0.4) is 0 Å². The average Bonchev–Trinajstić information content (AvgIpc) is 2.44. The lowest BCUT2D eigenvalue weighted by Gasteiger charge is -2.09. The van der Waals surface area contributed by atoms with Gasteiger partial charge in [0, 0.05) is 11.8 Å². The van der Waals surface area contributed by atoms with Gasteiger partial charge in [0.2, 0.25) is 0 Å². The first kappa shape index (κ1) is 15.7. The zero-order valence-electron chi connectivity index (χ0n) is 11.1. The Hall–Kier alpha value is -1.36. The maximum atomic E-state index is 11.7. The summed E-state index contributed by atoms with van der Waals surface area (Å²) >= 11 is 3.36. The molecule has 0 aromatic heterocycles. The van der Waals surface area contributed by atoms with E-state index in [2.05, 4.69) is 20.7 Å². The highest BCUT2D eigenvalue weighted by Crippen LogP contribution is 2.17. The molecule has 0 aliphatic heterocycles. The second kappa shape index (κ2) is 7.94. The molecule has 0 bridgehead atoms. The summed E-state index contributed by atoms with van der Waals surface area (Å²) in [7, 11) is 1.37. The predicted molar refractivity (Wildman–Crippen MR) is 75.4 cm³/mol. The summed E-state index contributed by atoms with van der Waals surface area (Å²) in [5, 5.41) is 0.563. The van der Waals surface area contributed by atoms with Gasteiger partial charge < -0.3 is 9.47 Å². The van der Waals surface area contributed by atoms with E-state index in [4.69, 9.17) is 4.74 Å². The van der Waals surface area contributed by atoms with Crippen molar-refractivity contribution in [2.24, 2.45) is 0 Å². The Morgan fingerprint density at radius 2 is 2.05 bits per heavy atom. The van der Waals surface area contributed by atoms with E-state index in [-0.39, 0.29) is 11.9 Å². The summed E-state index contributed by atoms with van der Waals surface area (Å²) in [5.41, 5.74) is 2.41. The number of rotatable bonds is 6. The number of hydrogen-bond donors (Lipinski definition) is 0. The van der Waals surface area contributed by atoms with E-state index in [1.54, 1.807) is 13.0 Å². The molecule has 0 radical (unpaired) electrons. The average molecular weight is 329 g/mol. The van der Waals surface area contributed by atoms with Crippen LogP contribution in [0.25, 0.3) is 0 Å². The zero-order valence-corrected chi connectivity index (χ0v) is 12.7. The van der Waals surface area contributed by atoms with Crippen LogP contribution in [0.2, 0.25) is 0 Å². The minimum Gasteiger partial charge on any atom is -0.469 e. The van der Waals surface area contributed by atoms with Crippen molar-refractivity contribution < 1.29 is 19.1 Å². The topological polar surface area (TPSA) is 52.6 Å². The van der Waals surface area contributed by atoms with Gasteiger partial charge in [-0.1, -0.05) is 28.1 Å². The highest BCUT2D eigenvalue weighted by atomic mass is 79.9. The van der Waals surface area contributed by atoms with Crippen LogP contribution in [0.1, 0.15) is 34.8 Å². The first-order valence-corrected chi connectivity index (χ1v) is 7.16. The first-order valence-electron chi connectivity index (χ1n) is 6.04. The Kier molecular flexibility index (Phi) is 6.56. The van der Waals surface area contributed by atoms with Crippen LogP contribution in [-0.4, -0.2) is 25.7 Å². The van der Waals surface area contributed by atoms with Crippen molar-refractivity contribution >= 4 is 27.9 Å². The van der Waals surface area contributed by atoms with Gasteiger partial charge in [-0.15, -0.1) is 0 Å². The molecule has 0 aliphatic carbocycles. The van der Waals surface area contributed by atoms with Gasteiger partial charge in [0.05, 0.1) is 19.3 Å². The lowest BCUT2D eigenvalue weighted by Crippen LogP contribution is -2.08. The smallest absolute Gasteiger partial charge is 0.338 e. The summed E-state index contributed by atoms with van der Waals surface area (Å²) in [6.45, 7) is 2.13. The molecule has 0 saturated carbocycles. The molecule has 0 heterocycles. The van der Waals surface area contributed by atoms with Crippen LogP contribution >= 0.6 is 15.9 Å². The molecular formula is C14H17BrO4. The third kappa shape index (κ3) is 4.67. The third-order valence-electron chi connectivity index (χ3n) is 2.65. The Labute approximate surface area is 121 Å². The van der Waals surface area contributed by atoms with Crippen LogP contribution in [0.4, 0.5) is 0 Å². The van der Waals surface area contributed by atoms with Crippen LogP contribution in [0.15, 0.2) is 18.2 Å². The van der Waals surface area contributed by atoms with Gasteiger partial charge in [0.15, 0.2) is 0 Å². The number of halogens is 1. The van der Waals surface area contributed by atoms with E-state index in [9.17, 15) is 9.59 Å². The van der Waals surface area contributed by atoms with Crippen LogP contribution in [-0.2, 0) is 26.0 Å². The normalized spacial score (nSPS) is 10.1. The Morgan fingerprint density at radius 1 is 1.32 bits per heavy atom. The van der Waals surface area contributed by atoms with Crippen molar-refractivity contribution in [2.45, 2.75) is 25.1 Å². The number of carbonyl (C=O) groups excluding carboxylic acids is 2. The lowest BCUT2D eigenvalue weighted by atomic mass is 10.0. The molecule has 0 unspecified atom stereocenters. The molecule has 4 nitrogen and oxygen atoms in total. The van der Waals surface area contributed by atoms with E-state index >= 15 is 0 Å². The fraction of sp³-hybridized carbons (Fsp3) is 0.429. The number of alkyl halides is 1. The van der Waals surface area contributed by atoms with E-state index in [0.29, 0.717) is 30.3 Å². The Balaban J connectivity index is 2.83. The van der Waals surface area contributed by atoms with Gasteiger partial charge in [-0.3, -0.25) is 4.79 Å². The largest absolute Gasteiger partial charge is 0.469 e. The molecule has 0 atom stereocenters. The van der Waals surface area contributed by atoms with E-state index in [1.807, 2.05) is 12.1 Å². The maximum absolute atomic E-state index is 11.7. The number of benzene rings is 1. The monoisotopic (exact) mass is 328 g/mol. The maximum Gasteiger partial charge on any atom is 0.338 e. The molecule has 0 saturated heterocycles. The molecule has 1 aromatic rings. The molecule has 1 aromatic carbocycles. The van der Waals surface area contributed by atoms with Crippen molar-refractivity contribution in [2.75, 3.05) is 13.7 Å². The molecule has 0 aliphatic rings. The number of aryl methyl sites for hydroxylation is 1. The molecular weight excluding hydrogens is 312 g/mol. The summed E-state index contributed by atoms with van der Waals surface area (Å²) in [6, 6.07) is 5.48. The summed E-state index contributed by atoms with van der Waals surface area (Å²) < 4.78 is 9.59. The van der Waals surface area contributed by atoms with Gasteiger partial charge in [-0.2, -0.15) is 0 Å². The predicted octanol–water partition coefficient (Wildman–Crippen LogP) is 2.86. The molecule has 0 N–H and O–H groups in total. The molecule has 19 heavy (non-hydrogen) atoms. The quantitative estimate of drug-likeness (QED) is 0.595. The Bertz CT molecular complexity index is 457. The molecule has 0 fully saturated rings. The summed E-state index contributed by atoms with van der Waals surface area (Å²) in [4.78, 5) is 22.8. The number of ether oxygens (including phenoxy) is 2. The highest BCUT2D eigenvalue weighted by molar-refractivity contribution is 9.08. The van der Waals surface area contributed by atoms with Gasteiger partial charge >= 0.3 is 11.9 Å². The minimum atomic E-state index is -0.323. The van der Waals surface area contributed by atoms with Gasteiger partial charge in [-0.25, -0.2) is 4.79 Å². The fourth-order valence-electron chi connectivity index (χ4n) is 1.67. The van der Waals surface area contributed by atoms with Gasteiger partial charge in [0.25, 0.3) is 0 Å². The van der Waals surface area contributed by atoms with E-state index < -0.39 is 0 Å². The number of methoxy groups -OCH3 is 1. The van der Waals surface area contributed by atoms with Crippen LogP contribution < -0.4 is 0 Å². The lowest BCUT2D eigenvalue weighted by molar-refractivity contribution is -0.140. The van der Waals surface area contributed by atoms with E-state index in [0.717, 1.165) is 11.1 Å². The van der Waals surface area contributed by atoms with Gasteiger partial charge in [-0.05, 0) is 30.5 Å². The number of hydrogen-bond acceptors (Lipinski definition) is 4.